The fraction of sp³-hybridized carbons (Fsp3) is 0.562. The summed E-state index contributed by atoms with van der Waals surface area (Å²) in [5.74, 6) is 2.92. The Morgan fingerprint density at radius 2 is 1.29 bits per heavy atom. The Hall–Kier alpha value is -2.58. The number of nitrogens with one attached hydrogen (secondary N) is 1. The van der Waals surface area contributed by atoms with Crippen molar-refractivity contribution in [2.75, 3.05) is 65.8 Å². The number of para-hydroxylation sites is 4. The van der Waals surface area contributed by atoms with Crippen LogP contribution in [0.25, 0.3) is 0 Å². The second-order valence-electron chi connectivity index (χ2n) is 9.84. The van der Waals surface area contributed by atoms with Crippen molar-refractivity contribution in [3.63, 3.8) is 0 Å². The van der Waals surface area contributed by atoms with Gasteiger partial charge >= 0.3 is 11.5 Å². The topological polar surface area (TPSA) is 123 Å². The van der Waals surface area contributed by atoms with Crippen molar-refractivity contribution in [3.05, 3.63) is 48.5 Å². The van der Waals surface area contributed by atoms with E-state index in [1.54, 1.807) is 11.8 Å². The standard InChI is InChI=1S/C16H22ClNO5.C13H19NO3.C3H4Cl2O2.ClH/c1-3-20-14-6-4-5-7-15(14)22-11-13-10-18(8-9-21-13)16(19)23-12(2)17;1-2-15-12-5-3-4-6-13(12)17-10-11-9-14-7-8-16-11;1-2(4)7-3(5)6;/h4-7,12-13H,3,8-11H2,1-2H3;3-6,11,14H,2,7-10H2,1H3;2H,1H3;1H. The van der Waals surface area contributed by atoms with Gasteiger partial charge in [-0.2, -0.15) is 0 Å². The highest BCUT2D eigenvalue weighted by Gasteiger charge is 2.27. The molecule has 4 unspecified atom stereocenters. The summed E-state index contributed by atoms with van der Waals surface area (Å²) in [7, 11) is 0. The fourth-order valence-electron chi connectivity index (χ4n) is 4.11. The second-order valence-corrected chi connectivity index (χ2v) is 11.4. The van der Waals surface area contributed by atoms with E-state index in [0.29, 0.717) is 57.6 Å². The van der Waals surface area contributed by atoms with Crippen LogP contribution in [-0.4, -0.2) is 106 Å². The first kappa shape index (κ1) is 43.4. The number of amides is 1. The van der Waals surface area contributed by atoms with Crippen LogP contribution in [0.2, 0.25) is 0 Å². The summed E-state index contributed by atoms with van der Waals surface area (Å²) in [6, 6.07) is 15.2. The minimum atomic E-state index is -0.873. The molecule has 2 aromatic rings. The largest absolute Gasteiger partial charge is 0.490 e. The number of benzene rings is 2. The van der Waals surface area contributed by atoms with Gasteiger partial charge in [0.2, 0.25) is 0 Å². The quantitative estimate of drug-likeness (QED) is 0.184. The molecule has 2 heterocycles. The lowest BCUT2D eigenvalue weighted by Crippen LogP contribution is -2.48. The number of morpholine rings is 2. The zero-order valence-electron chi connectivity index (χ0n) is 27.6. The molecule has 2 aromatic carbocycles. The van der Waals surface area contributed by atoms with E-state index in [2.05, 4.69) is 10.1 Å². The Labute approximate surface area is 303 Å². The van der Waals surface area contributed by atoms with Gasteiger partial charge < -0.3 is 48.1 Å². The summed E-state index contributed by atoms with van der Waals surface area (Å²) < 4.78 is 42.9. The monoisotopic (exact) mass is 758 g/mol. The summed E-state index contributed by atoms with van der Waals surface area (Å²) in [6.07, 6.45) is -0.537. The van der Waals surface area contributed by atoms with Gasteiger partial charge in [-0.05, 0) is 52.0 Å². The highest BCUT2D eigenvalue weighted by Crippen LogP contribution is 2.27. The normalized spacial score (nSPS) is 18.1. The molecule has 0 bridgehead atoms. The minimum absolute atomic E-state index is 0. The summed E-state index contributed by atoms with van der Waals surface area (Å²) in [5.41, 5.74) is -2.16. The van der Waals surface area contributed by atoms with Crippen LogP contribution < -0.4 is 24.3 Å². The van der Waals surface area contributed by atoms with Gasteiger partial charge in [0.05, 0.1) is 33.0 Å². The van der Waals surface area contributed by atoms with Gasteiger partial charge in [-0.1, -0.05) is 47.5 Å². The number of nitrogens with zero attached hydrogens (tertiary/aromatic N) is 1. The maximum absolute atomic E-state index is 11.9. The van der Waals surface area contributed by atoms with E-state index in [9.17, 15) is 9.59 Å². The number of rotatable bonds is 12. The first-order chi connectivity index (χ1) is 22.6. The van der Waals surface area contributed by atoms with E-state index in [1.165, 1.54) is 6.92 Å². The van der Waals surface area contributed by atoms with Crippen LogP contribution in [-0.2, 0) is 18.9 Å². The Morgan fingerprint density at radius 1 is 0.812 bits per heavy atom. The summed E-state index contributed by atoms with van der Waals surface area (Å²) in [5, 5.41) is 3.27. The smallest absolute Gasteiger partial charge is 0.411 e. The van der Waals surface area contributed by atoms with Crippen molar-refractivity contribution in [2.24, 2.45) is 0 Å². The third-order valence-corrected chi connectivity index (χ3v) is 6.33. The zero-order valence-corrected chi connectivity index (χ0v) is 30.7. The first-order valence-electron chi connectivity index (χ1n) is 15.4. The second kappa shape index (κ2) is 25.4. The molecular weight excluding hydrogens is 714 g/mol. The maximum atomic E-state index is 11.9. The Morgan fingerprint density at radius 3 is 1.71 bits per heavy atom. The molecule has 12 nitrogen and oxygen atoms in total. The van der Waals surface area contributed by atoms with Crippen LogP contribution in [0.4, 0.5) is 9.59 Å². The number of hydrogen-bond acceptors (Lipinski definition) is 11. The van der Waals surface area contributed by atoms with E-state index >= 15 is 0 Å². The molecule has 2 aliphatic rings. The lowest BCUT2D eigenvalue weighted by Gasteiger charge is -2.32. The van der Waals surface area contributed by atoms with Crippen molar-refractivity contribution in [3.8, 4) is 23.0 Å². The molecule has 4 atom stereocenters. The number of hydrogen-bond donors (Lipinski definition) is 1. The summed E-state index contributed by atoms with van der Waals surface area (Å²) in [6.45, 7) is 12.9. The molecule has 2 fully saturated rings. The number of halogens is 4. The predicted molar refractivity (Wildman–Crippen MR) is 187 cm³/mol. The van der Waals surface area contributed by atoms with Crippen LogP contribution in [0.5, 0.6) is 23.0 Å². The Kier molecular flexibility index (Phi) is 23.0. The van der Waals surface area contributed by atoms with Crippen LogP contribution in [0.3, 0.4) is 0 Å². The molecule has 4 rings (SSSR count). The molecule has 48 heavy (non-hydrogen) atoms. The molecule has 0 saturated carbocycles. The lowest BCUT2D eigenvalue weighted by atomic mass is 10.3. The molecule has 0 aliphatic carbocycles. The number of carbonyl (C=O) groups is 2. The van der Waals surface area contributed by atoms with Gasteiger partial charge in [-0.15, -0.1) is 12.4 Å². The highest BCUT2D eigenvalue weighted by molar-refractivity contribution is 6.61. The highest BCUT2D eigenvalue weighted by atomic mass is 35.5. The van der Waals surface area contributed by atoms with Gasteiger partial charge in [-0.25, -0.2) is 9.59 Å². The van der Waals surface area contributed by atoms with E-state index < -0.39 is 22.6 Å². The third kappa shape index (κ3) is 18.3. The van der Waals surface area contributed by atoms with Gasteiger partial charge in [0.1, 0.15) is 25.4 Å². The minimum Gasteiger partial charge on any atom is -0.490 e. The SMILES string of the molecule is CC(Cl)OC(=O)Cl.CCOc1ccccc1OCC1CN(C(=O)OC(C)Cl)CCO1.CCOc1ccccc1OCC1CNCCO1.Cl. The van der Waals surface area contributed by atoms with Gasteiger partial charge in [0.25, 0.3) is 0 Å². The number of carbonyl (C=O) groups excluding carboxylic acids is 2. The predicted octanol–water partition coefficient (Wildman–Crippen LogP) is 6.71. The van der Waals surface area contributed by atoms with Crippen molar-refractivity contribution in [1.29, 1.82) is 0 Å². The number of alkyl halides is 2. The van der Waals surface area contributed by atoms with Gasteiger partial charge in [-0.3, -0.25) is 0 Å². The van der Waals surface area contributed by atoms with Crippen molar-refractivity contribution in [1.82, 2.24) is 10.2 Å². The third-order valence-electron chi connectivity index (χ3n) is 6.07. The lowest BCUT2D eigenvalue weighted by molar-refractivity contribution is -0.0462. The zero-order chi connectivity index (χ0) is 34.4. The van der Waals surface area contributed by atoms with E-state index in [1.807, 2.05) is 62.4 Å². The number of ether oxygens (including phenoxy) is 8. The van der Waals surface area contributed by atoms with E-state index in [4.69, 9.17) is 68.0 Å². The summed E-state index contributed by atoms with van der Waals surface area (Å²) >= 11 is 15.5. The molecular formula is C32H46Cl4N2O10. The maximum Gasteiger partial charge on any atom is 0.411 e. The molecule has 272 valence electrons. The van der Waals surface area contributed by atoms with E-state index in [-0.39, 0.29) is 24.6 Å². The molecule has 0 aromatic heterocycles. The van der Waals surface area contributed by atoms with Gasteiger partial charge in [0, 0.05) is 31.2 Å². The Bertz CT molecular complexity index is 1180. The van der Waals surface area contributed by atoms with E-state index in [0.717, 1.165) is 31.2 Å². The molecule has 0 radical (unpaired) electrons. The van der Waals surface area contributed by atoms with Crippen molar-refractivity contribution in [2.45, 2.75) is 51.0 Å². The van der Waals surface area contributed by atoms with Crippen LogP contribution in [0.1, 0.15) is 27.7 Å². The van der Waals surface area contributed by atoms with Crippen LogP contribution in [0.15, 0.2) is 48.5 Å². The van der Waals surface area contributed by atoms with Gasteiger partial charge in [0.15, 0.2) is 34.1 Å². The molecule has 2 saturated heterocycles. The molecule has 1 N–H and O–H groups in total. The molecule has 0 spiro atoms. The van der Waals surface area contributed by atoms with Crippen LogP contribution in [0, 0.1) is 0 Å². The Balaban J connectivity index is 0.000000405. The van der Waals surface area contributed by atoms with Crippen LogP contribution >= 0.6 is 47.2 Å². The summed E-state index contributed by atoms with van der Waals surface area (Å²) in [4.78, 5) is 23.2. The first-order valence-corrected chi connectivity index (χ1v) is 16.6. The molecule has 16 heteroatoms. The molecule has 2 aliphatic heterocycles. The van der Waals surface area contributed by atoms with Crippen molar-refractivity contribution >= 4 is 58.7 Å². The molecule has 1 amide bonds. The average molecular weight is 761 g/mol. The fourth-order valence-corrected chi connectivity index (χ4v) is 4.44. The van der Waals surface area contributed by atoms with Crippen molar-refractivity contribution < 1.29 is 47.5 Å². The average Bonchev–Trinajstić information content (AvgIpc) is 3.04.